The van der Waals surface area contributed by atoms with Crippen LogP contribution in [0.1, 0.15) is 30.4 Å². The van der Waals surface area contributed by atoms with Crippen LogP contribution in [0, 0.1) is 5.92 Å². The van der Waals surface area contributed by atoms with E-state index in [1.807, 2.05) is 36.4 Å². The van der Waals surface area contributed by atoms with Gasteiger partial charge in [0, 0.05) is 0 Å². The van der Waals surface area contributed by atoms with Gasteiger partial charge in [0.25, 0.3) is 0 Å². The van der Waals surface area contributed by atoms with Crippen molar-refractivity contribution >= 4 is 12.2 Å². The van der Waals surface area contributed by atoms with Crippen LogP contribution < -0.4 is 0 Å². The number of allylic oxidation sites excluding steroid dienone is 6. The normalized spacial score (nSPS) is 21.3. The zero-order valence-corrected chi connectivity index (χ0v) is 17.5. The number of fused-ring (bicyclic) bond motifs is 1. The van der Waals surface area contributed by atoms with Gasteiger partial charge in [0.05, 0.1) is 0 Å². The van der Waals surface area contributed by atoms with Crippen LogP contribution in [-0.4, -0.2) is 0 Å². The van der Waals surface area contributed by atoms with E-state index in [0.717, 1.165) is 9.54 Å². The zero-order valence-electron chi connectivity index (χ0n) is 15.1. The van der Waals surface area contributed by atoms with E-state index in [1.165, 1.54) is 30.4 Å². The second-order valence-electron chi connectivity index (χ2n) is 6.70. The van der Waals surface area contributed by atoms with Crippen LogP contribution in [0.2, 0.25) is 3.63 Å². The Morgan fingerprint density at radius 2 is 1.35 bits per heavy atom. The standard InChI is InChI=1S/C16H14.C9H11.Zr/c1-3-9-15(10-4-1)13-7-8-14-16-11-5-2-6-12-16;1-2-5-9-7-3-6-8(9)4-1;/h1-14H;1-2,4,6,9H,3,5,7H2;. The first-order chi connectivity index (χ1) is 12.8. The fourth-order valence-electron chi connectivity index (χ4n) is 3.38. The molecular formula is C25H25Zr. The summed E-state index contributed by atoms with van der Waals surface area (Å²) < 4.78 is 0.960. The molecule has 2 aromatic rings. The topological polar surface area (TPSA) is 0 Å². The van der Waals surface area contributed by atoms with E-state index in [0.29, 0.717) is 0 Å². The summed E-state index contributed by atoms with van der Waals surface area (Å²) in [6, 6.07) is 20.6. The monoisotopic (exact) mass is 415 g/mol. The van der Waals surface area contributed by atoms with Crippen LogP contribution in [0.4, 0.5) is 0 Å². The molecule has 2 atom stereocenters. The first kappa shape index (κ1) is 19.1. The average Bonchev–Trinajstić information content (AvgIpc) is 3.09. The van der Waals surface area contributed by atoms with Crippen molar-refractivity contribution in [1.29, 1.82) is 0 Å². The van der Waals surface area contributed by atoms with E-state index in [-0.39, 0.29) is 0 Å². The van der Waals surface area contributed by atoms with Crippen LogP contribution >= 0.6 is 0 Å². The molecule has 2 aliphatic carbocycles. The van der Waals surface area contributed by atoms with Crippen molar-refractivity contribution < 1.29 is 24.7 Å². The Morgan fingerprint density at radius 1 is 0.769 bits per heavy atom. The Bertz CT molecular complexity index is 734. The first-order valence-corrected chi connectivity index (χ1v) is 10.8. The van der Waals surface area contributed by atoms with Gasteiger partial charge in [-0.2, -0.15) is 0 Å². The van der Waals surface area contributed by atoms with Gasteiger partial charge in [-0.1, -0.05) is 85.0 Å². The van der Waals surface area contributed by atoms with Crippen molar-refractivity contribution in [1.82, 2.24) is 0 Å². The molecule has 129 valence electrons. The molecule has 0 heterocycles. The molecule has 1 heteroatoms. The van der Waals surface area contributed by atoms with Crippen LogP contribution in [0.5, 0.6) is 0 Å². The molecule has 0 radical (unpaired) electrons. The minimum absolute atomic E-state index is 0.939. The van der Waals surface area contributed by atoms with Crippen molar-refractivity contribution in [3.8, 4) is 0 Å². The third kappa shape index (κ3) is 5.92. The molecule has 26 heavy (non-hydrogen) atoms. The molecule has 2 aliphatic rings. The van der Waals surface area contributed by atoms with Crippen molar-refractivity contribution in [3.63, 3.8) is 0 Å². The third-order valence-corrected chi connectivity index (χ3v) is 6.34. The van der Waals surface area contributed by atoms with Gasteiger partial charge in [0.2, 0.25) is 0 Å². The maximum atomic E-state index is 2.35. The molecule has 0 aliphatic heterocycles. The quantitative estimate of drug-likeness (QED) is 0.471. The maximum absolute atomic E-state index is 2.35. The van der Waals surface area contributed by atoms with Gasteiger partial charge in [0.15, 0.2) is 0 Å². The molecule has 0 amide bonds. The molecule has 2 unspecified atom stereocenters. The number of benzene rings is 2. The molecule has 0 N–H and O–H groups in total. The minimum atomic E-state index is 0.939. The van der Waals surface area contributed by atoms with E-state index in [1.54, 1.807) is 30.3 Å². The van der Waals surface area contributed by atoms with Gasteiger partial charge in [-0.05, 0) is 11.1 Å². The Balaban J connectivity index is 0.000000167. The van der Waals surface area contributed by atoms with E-state index >= 15 is 0 Å². The van der Waals surface area contributed by atoms with E-state index in [9.17, 15) is 0 Å². The van der Waals surface area contributed by atoms with Crippen molar-refractivity contribution in [2.24, 2.45) is 5.92 Å². The van der Waals surface area contributed by atoms with Crippen LogP contribution in [-0.2, 0) is 24.7 Å². The molecule has 0 nitrogen and oxygen atoms in total. The van der Waals surface area contributed by atoms with Gasteiger partial charge in [-0.25, -0.2) is 0 Å². The van der Waals surface area contributed by atoms with Gasteiger partial charge in [0.1, 0.15) is 0 Å². The molecular weight excluding hydrogens is 391 g/mol. The van der Waals surface area contributed by atoms with Gasteiger partial charge in [-0.15, -0.1) is 0 Å². The summed E-state index contributed by atoms with van der Waals surface area (Å²) in [6.07, 6.45) is 19.4. The SMILES string of the molecule is C(C=Cc1ccccc1)=Cc1ccccc1.[Zr][CH]1CCC2CC=CC=C12. The summed E-state index contributed by atoms with van der Waals surface area (Å²) in [5.74, 6) is 0.939. The number of hydrogen-bond acceptors (Lipinski definition) is 0. The second-order valence-corrected chi connectivity index (χ2v) is 8.41. The molecule has 0 saturated heterocycles. The first-order valence-electron chi connectivity index (χ1n) is 9.35. The Morgan fingerprint density at radius 3 is 1.88 bits per heavy atom. The summed E-state index contributed by atoms with van der Waals surface area (Å²) >= 11 is 1.72. The van der Waals surface area contributed by atoms with Gasteiger partial charge >= 0.3 is 77.3 Å². The molecule has 1 fully saturated rings. The second kappa shape index (κ2) is 10.4. The zero-order chi connectivity index (χ0) is 18.0. The van der Waals surface area contributed by atoms with E-state index in [4.69, 9.17) is 0 Å². The summed E-state index contributed by atoms with van der Waals surface area (Å²) in [4.78, 5) is 0. The molecule has 1 saturated carbocycles. The Labute approximate surface area is 172 Å². The third-order valence-electron chi connectivity index (χ3n) is 4.81. The molecule has 0 aromatic heterocycles. The Hall–Kier alpha value is -1.72. The van der Waals surface area contributed by atoms with Crippen LogP contribution in [0.3, 0.4) is 0 Å². The summed E-state index contributed by atoms with van der Waals surface area (Å²) in [6.45, 7) is 0. The molecule has 0 bridgehead atoms. The van der Waals surface area contributed by atoms with Crippen molar-refractivity contribution in [2.75, 3.05) is 0 Å². The van der Waals surface area contributed by atoms with Crippen molar-refractivity contribution in [3.05, 3.63) is 108 Å². The Kier molecular flexibility index (Phi) is 7.65. The van der Waals surface area contributed by atoms with Gasteiger partial charge in [-0.3, -0.25) is 0 Å². The van der Waals surface area contributed by atoms with E-state index in [2.05, 4.69) is 66.8 Å². The predicted molar refractivity (Wildman–Crippen MR) is 109 cm³/mol. The van der Waals surface area contributed by atoms with Crippen LogP contribution in [0.25, 0.3) is 12.2 Å². The molecule has 4 rings (SSSR count). The van der Waals surface area contributed by atoms with Crippen molar-refractivity contribution in [2.45, 2.75) is 22.9 Å². The van der Waals surface area contributed by atoms with E-state index < -0.39 is 0 Å². The summed E-state index contributed by atoms with van der Waals surface area (Å²) in [7, 11) is 0. The fourth-order valence-corrected chi connectivity index (χ4v) is 4.60. The predicted octanol–water partition coefficient (Wildman–Crippen LogP) is 7.03. The average molecular weight is 417 g/mol. The fraction of sp³-hybridized carbons (Fsp3) is 0.200. The molecule has 2 aromatic carbocycles. The molecule has 0 spiro atoms. The van der Waals surface area contributed by atoms with Gasteiger partial charge < -0.3 is 0 Å². The number of rotatable bonds is 3. The number of hydrogen-bond donors (Lipinski definition) is 0. The summed E-state index contributed by atoms with van der Waals surface area (Å²) in [5.41, 5.74) is 4.20. The summed E-state index contributed by atoms with van der Waals surface area (Å²) in [5, 5.41) is 0. The van der Waals surface area contributed by atoms with Crippen LogP contribution in [0.15, 0.2) is 96.6 Å².